The Kier molecular flexibility index (Phi) is 8.75. The Morgan fingerprint density at radius 3 is 1.46 bits per heavy atom. The highest BCUT2D eigenvalue weighted by Crippen LogP contribution is 2.28. The van der Waals surface area contributed by atoms with Crippen molar-refractivity contribution in [3.8, 4) is 0 Å². The number of hydrogen-bond acceptors (Lipinski definition) is 9. The molecule has 9 heteroatoms. The number of benzene rings is 3. The highest BCUT2D eigenvalue weighted by Gasteiger charge is 2.50. The molecular weight excluding hydrogens is 504 g/mol. The number of esters is 3. The first kappa shape index (κ1) is 28.0. The first-order valence-corrected chi connectivity index (χ1v) is 12.4. The molecule has 1 aliphatic rings. The molecule has 9 nitrogen and oxygen atoms in total. The normalized spacial score (nSPS) is 22.5. The van der Waals surface area contributed by atoms with Crippen LogP contribution >= 0.6 is 0 Å². The van der Waals surface area contributed by atoms with Crippen LogP contribution in [0.1, 0.15) is 47.8 Å². The van der Waals surface area contributed by atoms with E-state index in [0.717, 1.165) is 16.7 Å². The zero-order chi connectivity index (χ0) is 28.1. The van der Waals surface area contributed by atoms with Crippen LogP contribution in [0, 0.1) is 20.8 Å². The third-order valence-electron chi connectivity index (χ3n) is 6.36. The molecule has 4 rings (SSSR count). The second-order valence-corrected chi connectivity index (χ2v) is 9.49. The first-order valence-electron chi connectivity index (χ1n) is 12.4. The van der Waals surface area contributed by atoms with E-state index in [2.05, 4.69) is 0 Å². The number of hydrogen-bond donors (Lipinski definition) is 2. The summed E-state index contributed by atoms with van der Waals surface area (Å²) in [5.74, 6) is -2.26. The van der Waals surface area contributed by atoms with Crippen molar-refractivity contribution < 1.29 is 43.5 Å². The fourth-order valence-electron chi connectivity index (χ4n) is 4.01. The van der Waals surface area contributed by atoms with Gasteiger partial charge in [0.05, 0.1) is 16.7 Å². The fraction of sp³-hybridized carbons (Fsp3) is 0.300. The third-order valence-corrected chi connectivity index (χ3v) is 6.36. The van der Waals surface area contributed by atoms with Crippen molar-refractivity contribution >= 4 is 17.9 Å². The zero-order valence-corrected chi connectivity index (χ0v) is 21.8. The molecule has 204 valence electrons. The Balaban J connectivity index is 1.58. The van der Waals surface area contributed by atoms with Crippen molar-refractivity contribution in [1.29, 1.82) is 0 Å². The Hall–Kier alpha value is -4.05. The molecule has 0 amide bonds. The van der Waals surface area contributed by atoms with Crippen molar-refractivity contribution in [2.45, 2.75) is 51.5 Å². The number of aliphatic hydroxyl groups is 2. The zero-order valence-electron chi connectivity index (χ0n) is 21.8. The van der Waals surface area contributed by atoms with E-state index in [9.17, 15) is 24.6 Å². The Morgan fingerprint density at radius 1 is 0.641 bits per heavy atom. The van der Waals surface area contributed by atoms with Gasteiger partial charge in [-0.2, -0.15) is 0 Å². The predicted octanol–water partition coefficient (Wildman–Crippen LogP) is 3.30. The Bertz CT molecular complexity index is 1300. The van der Waals surface area contributed by atoms with Gasteiger partial charge in [0.15, 0.2) is 18.5 Å². The molecule has 0 saturated carbocycles. The summed E-state index contributed by atoms with van der Waals surface area (Å²) in [6, 6.07) is 19.8. The van der Waals surface area contributed by atoms with Gasteiger partial charge in [-0.25, -0.2) is 14.4 Å². The molecule has 1 aliphatic heterocycles. The van der Waals surface area contributed by atoms with Crippen molar-refractivity contribution in [3.05, 3.63) is 106 Å². The molecule has 3 aromatic carbocycles. The summed E-state index contributed by atoms with van der Waals surface area (Å²) in [6.07, 6.45) is -7.77. The van der Waals surface area contributed by atoms with Crippen molar-refractivity contribution in [2.24, 2.45) is 0 Å². The number of rotatable bonds is 7. The maximum atomic E-state index is 13.0. The van der Waals surface area contributed by atoms with E-state index in [1.54, 1.807) is 72.8 Å². The van der Waals surface area contributed by atoms with Gasteiger partial charge in [-0.3, -0.25) is 0 Å². The molecule has 2 N–H and O–H groups in total. The Morgan fingerprint density at radius 2 is 1.03 bits per heavy atom. The monoisotopic (exact) mass is 534 g/mol. The lowest BCUT2D eigenvalue weighted by Gasteiger charge is -2.41. The summed E-state index contributed by atoms with van der Waals surface area (Å²) in [7, 11) is 0. The van der Waals surface area contributed by atoms with Gasteiger partial charge in [0.2, 0.25) is 0 Å². The van der Waals surface area contributed by atoms with E-state index in [1.807, 2.05) is 20.8 Å². The lowest BCUT2D eigenvalue weighted by molar-refractivity contribution is -0.285. The smallest absolute Gasteiger partial charge is 0.338 e. The number of carbonyl (C=O) groups is 3. The lowest BCUT2D eigenvalue weighted by atomic mass is 9.98. The average molecular weight is 535 g/mol. The molecule has 1 heterocycles. The largest absolute Gasteiger partial charge is 0.459 e. The third kappa shape index (κ3) is 6.88. The van der Waals surface area contributed by atoms with E-state index in [-0.39, 0.29) is 16.7 Å². The van der Waals surface area contributed by atoms with Crippen LogP contribution in [0.15, 0.2) is 72.8 Å². The molecule has 0 aromatic heterocycles. The molecule has 0 spiro atoms. The van der Waals surface area contributed by atoms with Gasteiger partial charge in [0.25, 0.3) is 0 Å². The highest BCUT2D eigenvalue weighted by molar-refractivity contribution is 5.91. The highest BCUT2D eigenvalue weighted by atomic mass is 16.7. The minimum Gasteiger partial charge on any atom is -0.459 e. The van der Waals surface area contributed by atoms with Crippen LogP contribution in [0.5, 0.6) is 0 Å². The quantitative estimate of drug-likeness (QED) is 0.347. The van der Waals surface area contributed by atoms with E-state index in [1.165, 1.54) is 0 Å². The molecule has 0 bridgehead atoms. The first-order chi connectivity index (χ1) is 18.6. The summed E-state index contributed by atoms with van der Waals surface area (Å²) >= 11 is 0. The number of carbonyl (C=O) groups excluding carboxylic acids is 3. The summed E-state index contributed by atoms with van der Waals surface area (Å²) in [6.45, 7) is 5.14. The van der Waals surface area contributed by atoms with E-state index >= 15 is 0 Å². The molecule has 1 fully saturated rings. The molecule has 0 radical (unpaired) electrons. The van der Waals surface area contributed by atoms with Gasteiger partial charge >= 0.3 is 17.9 Å². The van der Waals surface area contributed by atoms with Gasteiger partial charge in [-0.1, -0.05) is 53.1 Å². The van der Waals surface area contributed by atoms with Gasteiger partial charge < -0.3 is 29.2 Å². The fourth-order valence-corrected chi connectivity index (χ4v) is 4.01. The number of ether oxygens (including phenoxy) is 4. The molecule has 1 saturated heterocycles. The minimum absolute atomic E-state index is 0.194. The SMILES string of the molecule is Cc1ccc(C(=O)OC[C@H]2OC(O)[C@@H](O)[C@@H](OC(=O)c3ccc(C)cc3)[C@@H]2OC(=O)c2ccc(C)cc2)cc1. The second kappa shape index (κ2) is 12.2. The van der Waals surface area contributed by atoms with E-state index in [0.29, 0.717) is 0 Å². The summed E-state index contributed by atoms with van der Waals surface area (Å²) in [4.78, 5) is 38.6. The van der Waals surface area contributed by atoms with Gasteiger partial charge in [-0.15, -0.1) is 0 Å². The topological polar surface area (TPSA) is 129 Å². The standard InChI is InChI=1S/C30H30O9/c1-17-4-10-20(11-5-17)27(32)36-16-23-25(38-28(33)21-12-6-18(2)7-13-21)26(24(31)30(35)37-23)39-29(34)22-14-8-19(3)9-15-22/h4-15,23-26,30-31,35H,16H2,1-3H3/t23-,24+,25-,26-,30?/m1/s1. The van der Waals surface area contributed by atoms with Crippen LogP contribution in [0.2, 0.25) is 0 Å². The second-order valence-electron chi connectivity index (χ2n) is 9.49. The summed E-state index contributed by atoms with van der Waals surface area (Å²) < 4.78 is 22.1. The summed E-state index contributed by atoms with van der Waals surface area (Å²) in [5, 5.41) is 21.1. The Labute approximate surface area is 225 Å². The summed E-state index contributed by atoms with van der Waals surface area (Å²) in [5.41, 5.74) is 3.50. The molecule has 1 unspecified atom stereocenters. The molecule has 5 atom stereocenters. The predicted molar refractivity (Wildman–Crippen MR) is 139 cm³/mol. The number of aryl methyl sites for hydroxylation is 3. The van der Waals surface area contributed by atoms with Crippen molar-refractivity contribution in [2.75, 3.05) is 6.61 Å². The van der Waals surface area contributed by atoms with Crippen LogP contribution < -0.4 is 0 Å². The van der Waals surface area contributed by atoms with Crippen molar-refractivity contribution in [3.63, 3.8) is 0 Å². The van der Waals surface area contributed by atoms with E-state index in [4.69, 9.17) is 18.9 Å². The molecule has 0 aliphatic carbocycles. The van der Waals surface area contributed by atoms with Crippen LogP contribution in [-0.4, -0.2) is 65.4 Å². The lowest BCUT2D eigenvalue weighted by Crippen LogP contribution is -2.61. The van der Waals surface area contributed by atoms with Crippen molar-refractivity contribution in [1.82, 2.24) is 0 Å². The van der Waals surface area contributed by atoms with Gasteiger partial charge in [0, 0.05) is 0 Å². The molecular formula is C30H30O9. The van der Waals surface area contributed by atoms with Crippen LogP contribution in [0.4, 0.5) is 0 Å². The maximum absolute atomic E-state index is 13.0. The van der Waals surface area contributed by atoms with Gasteiger partial charge in [-0.05, 0) is 57.2 Å². The minimum atomic E-state index is -1.81. The van der Waals surface area contributed by atoms with Crippen LogP contribution in [0.3, 0.4) is 0 Å². The van der Waals surface area contributed by atoms with E-state index < -0.39 is 55.2 Å². The molecule has 39 heavy (non-hydrogen) atoms. The maximum Gasteiger partial charge on any atom is 0.338 e. The van der Waals surface area contributed by atoms with Crippen LogP contribution in [0.25, 0.3) is 0 Å². The average Bonchev–Trinajstić information content (AvgIpc) is 2.92. The molecule has 3 aromatic rings. The number of aliphatic hydroxyl groups excluding tert-OH is 2. The van der Waals surface area contributed by atoms with Crippen LogP contribution in [-0.2, 0) is 18.9 Å². The van der Waals surface area contributed by atoms with Gasteiger partial charge in [0.1, 0.15) is 18.8 Å².